The summed E-state index contributed by atoms with van der Waals surface area (Å²) in [5.74, 6) is -0.169. The second kappa shape index (κ2) is 1.40. The van der Waals surface area contributed by atoms with Crippen LogP contribution in [0.1, 0.15) is 6.92 Å². The summed E-state index contributed by atoms with van der Waals surface area (Å²) in [4.78, 5) is 10.2. The van der Waals surface area contributed by atoms with E-state index in [-0.39, 0.29) is 11.2 Å². The van der Waals surface area contributed by atoms with E-state index in [2.05, 4.69) is 0 Å². The van der Waals surface area contributed by atoms with E-state index in [9.17, 15) is 4.79 Å². The average Bonchev–Trinajstić information content (AvgIpc) is 2.17. The van der Waals surface area contributed by atoms with Crippen molar-refractivity contribution >= 4 is 17.7 Å². The fourth-order valence-electron chi connectivity index (χ4n) is 0.484. The van der Waals surface area contributed by atoms with Crippen molar-refractivity contribution < 1.29 is 4.79 Å². The average molecular weight is 117 g/mol. The highest BCUT2D eigenvalue weighted by Crippen LogP contribution is 2.39. The monoisotopic (exact) mass is 117 g/mol. The van der Waals surface area contributed by atoms with Gasteiger partial charge in [-0.3, -0.25) is 4.79 Å². The highest BCUT2D eigenvalue weighted by Gasteiger charge is 2.38. The predicted octanol–water partition coefficient (Wildman–Crippen LogP) is -0.0244. The van der Waals surface area contributed by atoms with Gasteiger partial charge in [-0.2, -0.15) is 0 Å². The number of hydrogen-bond acceptors (Lipinski definition) is 2. The quantitative estimate of drug-likeness (QED) is 0.490. The molecule has 0 radical (unpaired) electrons. The summed E-state index contributed by atoms with van der Waals surface area (Å²) in [6.45, 7) is 2.00. The lowest BCUT2D eigenvalue weighted by atomic mass is 10.3. The third kappa shape index (κ3) is 0.881. The molecule has 40 valence electrons. The topological polar surface area (TPSA) is 43.1 Å². The van der Waals surface area contributed by atoms with E-state index in [0.717, 1.165) is 0 Å². The molecule has 0 aliphatic carbocycles. The molecule has 1 aliphatic rings. The zero-order valence-electron chi connectivity index (χ0n) is 4.05. The Morgan fingerprint density at radius 3 is 2.29 bits per heavy atom. The van der Waals surface area contributed by atoms with Crippen LogP contribution in [0.5, 0.6) is 0 Å². The van der Waals surface area contributed by atoms with Crippen molar-refractivity contribution in [3.8, 4) is 0 Å². The molecule has 0 aromatic carbocycles. The highest BCUT2D eigenvalue weighted by molar-refractivity contribution is 8.08. The van der Waals surface area contributed by atoms with Crippen LogP contribution in [0.25, 0.3) is 0 Å². The maximum absolute atomic E-state index is 10.2. The zero-order chi connectivity index (χ0) is 5.44. The molecule has 0 bridgehead atoms. The van der Waals surface area contributed by atoms with Crippen molar-refractivity contribution in [3.05, 3.63) is 0 Å². The third-order valence-electron chi connectivity index (χ3n) is 0.991. The molecule has 1 amide bonds. The van der Waals surface area contributed by atoms with Gasteiger partial charge in [0.2, 0.25) is 5.91 Å². The largest absolute Gasteiger partial charge is 0.369 e. The van der Waals surface area contributed by atoms with Crippen LogP contribution < -0.4 is 5.73 Å². The Balaban J connectivity index is 2.33. The van der Waals surface area contributed by atoms with Gasteiger partial charge in [0.25, 0.3) is 0 Å². The van der Waals surface area contributed by atoms with Gasteiger partial charge in [0.15, 0.2) is 0 Å². The molecule has 1 heterocycles. The number of carbonyl (C=O) groups excluding carboxylic acids is 1. The molecule has 2 atom stereocenters. The molecule has 3 heteroatoms. The van der Waals surface area contributed by atoms with Gasteiger partial charge < -0.3 is 5.73 Å². The number of thioether (sulfide) groups is 1. The van der Waals surface area contributed by atoms with Crippen LogP contribution >= 0.6 is 11.8 Å². The van der Waals surface area contributed by atoms with Crippen molar-refractivity contribution in [2.75, 3.05) is 0 Å². The fourth-order valence-corrected chi connectivity index (χ4v) is 1.12. The zero-order valence-corrected chi connectivity index (χ0v) is 4.87. The molecule has 0 unspecified atom stereocenters. The number of primary amides is 1. The Labute approximate surface area is 46.5 Å². The number of hydrogen-bond donors (Lipinski definition) is 1. The standard InChI is InChI=1S/C4H7NOS/c1-2-3(7-2)4(5)6/h2-3H,1H3,(H2,5,6)/t2-,3+/m0/s1. The van der Waals surface area contributed by atoms with Gasteiger partial charge in [0, 0.05) is 5.25 Å². The minimum atomic E-state index is -0.169. The number of nitrogens with two attached hydrogens (primary N) is 1. The fraction of sp³-hybridized carbons (Fsp3) is 0.750. The Kier molecular flexibility index (Phi) is 0.995. The lowest BCUT2D eigenvalue weighted by molar-refractivity contribution is -0.116. The first-order valence-corrected chi connectivity index (χ1v) is 3.11. The van der Waals surface area contributed by atoms with E-state index in [4.69, 9.17) is 5.73 Å². The van der Waals surface area contributed by atoms with Gasteiger partial charge in [0.05, 0.1) is 5.25 Å². The van der Waals surface area contributed by atoms with Gasteiger partial charge in [-0.15, -0.1) is 11.8 Å². The first kappa shape index (κ1) is 4.97. The molecule has 1 aliphatic heterocycles. The Morgan fingerprint density at radius 1 is 1.86 bits per heavy atom. The second-order valence-corrected chi connectivity index (χ2v) is 3.19. The smallest absolute Gasteiger partial charge is 0.231 e. The first-order valence-electron chi connectivity index (χ1n) is 2.16. The van der Waals surface area contributed by atoms with Crippen molar-refractivity contribution in [3.63, 3.8) is 0 Å². The summed E-state index contributed by atoms with van der Waals surface area (Å²) >= 11 is 1.62. The van der Waals surface area contributed by atoms with Crippen LogP contribution in [0, 0.1) is 0 Å². The molecular weight excluding hydrogens is 110 g/mol. The number of rotatable bonds is 1. The van der Waals surface area contributed by atoms with Gasteiger partial charge in [-0.05, 0) is 0 Å². The van der Waals surface area contributed by atoms with E-state index in [1.807, 2.05) is 6.92 Å². The molecule has 1 fully saturated rings. The number of carbonyl (C=O) groups is 1. The van der Waals surface area contributed by atoms with Crippen LogP contribution in [0.3, 0.4) is 0 Å². The molecule has 7 heavy (non-hydrogen) atoms. The minimum Gasteiger partial charge on any atom is -0.369 e. The van der Waals surface area contributed by atoms with Crippen LogP contribution in [0.4, 0.5) is 0 Å². The maximum atomic E-state index is 10.2. The SMILES string of the molecule is C[C@@H]1S[C@H]1C(N)=O. The van der Waals surface area contributed by atoms with Gasteiger partial charge in [-0.25, -0.2) is 0 Å². The molecule has 2 nitrogen and oxygen atoms in total. The molecule has 1 saturated heterocycles. The molecule has 1 rings (SSSR count). The summed E-state index contributed by atoms with van der Waals surface area (Å²) in [7, 11) is 0. The summed E-state index contributed by atoms with van der Waals surface area (Å²) < 4.78 is 0. The van der Waals surface area contributed by atoms with E-state index in [1.165, 1.54) is 0 Å². The molecular formula is C4H7NOS. The van der Waals surface area contributed by atoms with Gasteiger partial charge >= 0.3 is 0 Å². The van der Waals surface area contributed by atoms with Crippen LogP contribution in [-0.2, 0) is 4.79 Å². The molecule has 0 saturated carbocycles. The molecule has 2 N–H and O–H groups in total. The Hall–Kier alpha value is -0.180. The summed E-state index contributed by atoms with van der Waals surface area (Å²) in [6, 6.07) is 0. The summed E-state index contributed by atoms with van der Waals surface area (Å²) in [5, 5.41) is 0.609. The minimum absolute atomic E-state index is 0.125. The third-order valence-corrected chi connectivity index (χ3v) is 2.31. The van der Waals surface area contributed by atoms with Crippen molar-refractivity contribution in [2.45, 2.75) is 17.4 Å². The molecule has 0 aromatic rings. The number of amides is 1. The Bertz CT molecular complexity index is 104. The van der Waals surface area contributed by atoms with E-state index in [0.29, 0.717) is 5.25 Å². The van der Waals surface area contributed by atoms with Crippen molar-refractivity contribution in [2.24, 2.45) is 5.73 Å². The predicted molar refractivity (Wildman–Crippen MR) is 30.0 cm³/mol. The van der Waals surface area contributed by atoms with Crippen molar-refractivity contribution in [1.82, 2.24) is 0 Å². The van der Waals surface area contributed by atoms with Crippen LogP contribution in [0.2, 0.25) is 0 Å². The molecule has 0 spiro atoms. The maximum Gasteiger partial charge on any atom is 0.231 e. The van der Waals surface area contributed by atoms with E-state index >= 15 is 0 Å². The van der Waals surface area contributed by atoms with Crippen molar-refractivity contribution in [1.29, 1.82) is 0 Å². The normalized spacial score (nSPS) is 37.9. The van der Waals surface area contributed by atoms with E-state index in [1.54, 1.807) is 11.8 Å². The van der Waals surface area contributed by atoms with Gasteiger partial charge in [0.1, 0.15) is 0 Å². The summed E-state index contributed by atoms with van der Waals surface area (Å²) in [6.07, 6.45) is 0. The first-order chi connectivity index (χ1) is 3.22. The second-order valence-electron chi connectivity index (χ2n) is 1.66. The van der Waals surface area contributed by atoms with E-state index < -0.39 is 0 Å². The lowest BCUT2D eigenvalue weighted by Gasteiger charge is -1.78. The van der Waals surface area contributed by atoms with Gasteiger partial charge in [-0.1, -0.05) is 6.92 Å². The summed E-state index contributed by atoms with van der Waals surface area (Å²) in [5.41, 5.74) is 4.93. The Morgan fingerprint density at radius 2 is 2.29 bits per heavy atom. The van der Waals surface area contributed by atoms with Crippen LogP contribution in [0.15, 0.2) is 0 Å². The lowest BCUT2D eigenvalue weighted by Crippen LogP contribution is -2.18. The highest BCUT2D eigenvalue weighted by atomic mass is 32.2. The molecule has 0 aromatic heterocycles. The van der Waals surface area contributed by atoms with Crippen LogP contribution in [-0.4, -0.2) is 16.4 Å².